The lowest BCUT2D eigenvalue weighted by atomic mass is 10.2. The molecule has 2 N–H and O–H groups in total. The molecule has 0 radical (unpaired) electrons. The van der Waals surface area contributed by atoms with Gasteiger partial charge in [0.25, 0.3) is 0 Å². The number of nitrogen functional groups attached to an aromatic ring is 1. The van der Waals surface area contributed by atoms with Crippen molar-refractivity contribution in [1.29, 1.82) is 0 Å². The maximum Gasteiger partial charge on any atom is 0.0810 e. The highest BCUT2D eigenvalue weighted by Gasteiger charge is 2.29. The van der Waals surface area contributed by atoms with Gasteiger partial charge in [0.05, 0.1) is 44.9 Å². The van der Waals surface area contributed by atoms with Gasteiger partial charge in [0.1, 0.15) is 0 Å². The predicted octanol–water partition coefficient (Wildman–Crippen LogP) is 2.55. The zero-order valence-electron chi connectivity index (χ0n) is 16.1. The number of morpholine rings is 1. The Hall–Kier alpha value is -1.56. The number of rotatable bonds is 6. The van der Waals surface area contributed by atoms with Crippen LogP contribution in [0.5, 0.6) is 0 Å². The predicted molar refractivity (Wildman–Crippen MR) is 107 cm³/mol. The Morgan fingerprint density at radius 3 is 2.88 bits per heavy atom. The van der Waals surface area contributed by atoms with E-state index >= 15 is 0 Å². The van der Waals surface area contributed by atoms with Crippen molar-refractivity contribution >= 4 is 16.6 Å². The van der Waals surface area contributed by atoms with E-state index in [-0.39, 0.29) is 0 Å². The molecular formula is C21H33N4O+. The molecule has 142 valence electrons. The number of fused-ring (bicyclic) bond motifs is 1. The second-order valence-electron chi connectivity index (χ2n) is 8.37. The van der Waals surface area contributed by atoms with Crippen molar-refractivity contribution in [3.8, 4) is 0 Å². The number of nitrogens with two attached hydrogens (primary N) is 1. The number of anilines is 1. The molecule has 2 saturated heterocycles. The summed E-state index contributed by atoms with van der Waals surface area (Å²) in [5.74, 6) is 0. The molecule has 5 nitrogen and oxygen atoms in total. The summed E-state index contributed by atoms with van der Waals surface area (Å²) in [4.78, 5) is 2.57. The highest BCUT2D eigenvalue weighted by Crippen LogP contribution is 2.22. The number of ether oxygens (including phenoxy) is 1. The molecule has 2 aliphatic heterocycles. The fourth-order valence-corrected chi connectivity index (χ4v) is 4.63. The van der Waals surface area contributed by atoms with Gasteiger partial charge in [0.2, 0.25) is 0 Å². The van der Waals surface area contributed by atoms with Gasteiger partial charge in [-0.1, -0.05) is 6.07 Å². The fourth-order valence-electron chi connectivity index (χ4n) is 4.63. The van der Waals surface area contributed by atoms with Gasteiger partial charge >= 0.3 is 0 Å². The van der Waals surface area contributed by atoms with Crippen molar-refractivity contribution in [3.05, 3.63) is 30.5 Å². The third kappa shape index (κ3) is 3.90. The topological polar surface area (TPSA) is 43.4 Å². The van der Waals surface area contributed by atoms with Gasteiger partial charge < -0.3 is 19.5 Å². The molecule has 0 amide bonds. The Morgan fingerprint density at radius 1 is 1.19 bits per heavy atom. The first kappa shape index (κ1) is 17.8. The number of aromatic nitrogens is 1. The van der Waals surface area contributed by atoms with Crippen LogP contribution in [0.2, 0.25) is 0 Å². The summed E-state index contributed by atoms with van der Waals surface area (Å²) in [6.07, 6.45) is 6.54. The van der Waals surface area contributed by atoms with Crippen LogP contribution in [0.15, 0.2) is 30.5 Å². The van der Waals surface area contributed by atoms with Gasteiger partial charge in [-0.05, 0) is 18.2 Å². The first-order valence-electron chi connectivity index (χ1n) is 10.1. The SMILES string of the molecule is C[N+]1(CCC2CN(CCn3ccc4c(N)cccc43)CCO2)CCCC1. The van der Waals surface area contributed by atoms with Crippen molar-refractivity contribution in [3.63, 3.8) is 0 Å². The second kappa shape index (κ2) is 7.59. The van der Waals surface area contributed by atoms with E-state index < -0.39 is 0 Å². The Bertz CT molecular complexity index is 735. The lowest BCUT2D eigenvalue weighted by Crippen LogP contribution is -2.47. The molecule has 0 spiro atoms. The average molecular weight is 358 g/mol. The number of hydrogen-bond acceptors (Lipinski definition) is 3. The molecule has 26 heavy (non-hydrogen) atoms. The highest BCUT2D eigenvalue weighted by molar-refractivity contribution is 5.91. The van der Waals surface area contributed by atoms with Crippen LogP contribution in [-0.4, -0.2) is 73.0 Å². The van der Waals surface area contributed by atoms with Crippen molar-refractivity contribution in [2.75, 3.05) is 58.7 Å². The minimum atomic E-state index is 0.399. The molecule has 2 aliphatic rings. The normalized spacial score (nSPS) is 23.7. The molecule has 5 heteroatoms. The Morgan fingerprint density at radius 2 is 2.04 bits per heavy atom. The molecule has 0 bridgehead atoms. The zero-order chi connectivity index (χ0) is 18.0. The largest absolute Gasteiger partial charge is 0.398 e. The van der Waals surface area contributed by atoms with Crippen molar-refractivity contribution in [1.82, 2.24) is 9.47 Å². The van der Waals surface area contributed by atoms with E-state index in [1.165, 1.54) is 48.9 Å². The maximum atomic E-state index is 6.08. The summed E-state index contributed by atoms with van der Waals surface area (Å²) in [7, 11) is 2.41. The van der Waals surface area contributed by atoms with Gasteiger partial charge in [-0.25, -0.2) is 0 Å². The molecule has 1 atom stereocenters. The number of likely N-dealkylation sites (tertiary alicyclic amines) is 1. The first-order chi connectivity index (χ1) is 12.6. The average Bonchev–Trinajstić information content (AvgIpc) is 3.27. The Kier molecular flexibility index (Phi) is 5.20. The molecular weight excluding hydrogens is 324 g/mol. The Labute approximate surface area is 156 Å². The lowest BCUT2D eigenvalue weighted by Gasteiger charge is -2.35. The van der Waals surface area contributed by atoms with Crippen LogP contribution in [0.1, 0.15) is 19.3 Å². The molecule has 0 aliphatic carbocycles. The maximum absolute atomic E-state index is 6.08. The minimum absolute atomic E-state index is 0.399. The van der Waals surface area contributed by atoms with Crippen LogP contribution in [0.25, 0.3) is 10.9 Å². The van der Waals surface area contributed by atoms with E-state index in [9.17, 15) is 0 Å². The number of quaternary nitrogens is 1. The molecule has 2 aromatic rings. The van der Waals surface area contributed by atoms with Crippen molar-refractivity contribution in [2.24, 2.45) is 0 Å². The lowest BCUT2D eigenvalue weighted by molar-refractivity contribution is -0.898. The second-order valence-corrected chi connectivity index (χ2v) is 8.37. The molecule has 2 fully saturated rings. The molecule has 3 heterocycles. The van der Waals surface area contributed by atoms with E-state index in [2.05, 4.69) is 34.8 Å². The quantitative estimate of drug-likeness (QED) is 0.638. The van der Waals surface area contributed by atoms with E-state index in [1.54, 1.807) is 0 Å². The Balaban J connectivity index is 1.30. The van der Waals surface area contributed by atoms with Crippen molar-refractivity contribution < 1.29 is 9.22 Å². The smallest absolute Gasteiger partial charge is 0.0810 e. The molecule has 1 aromatic carbocycles. The molecule has 0 saturated carbocycles. The summed E-state index contributed by atoms with van der Waals surface area (Å²) >= 11 is 0. The third-order valence-corrected chi connectivity index (χ3v) is 6.36. The summed E-state index contributed by atoms with van der Waals surface area (Å²) < 4.78 is 9.63. The summed E-state index contributed by atoms with van der Waals surface area (Å²) in [5.41, 5.74) is 8.18. The van der Waals surface area contributed by atoms with Crippen molar-refractivity contribution in [2.45, 2.75) is 31.9 Å². The van der Waals surface area contributed by atoms with Crippen LogP contribution >= 0.6 is 0 Å². The third-order valence-electron chi connectivity index (χ3n) is 6.36. The van der Waals surface area contributed by atoms with E-state index in [1.807, 2.05) is 12.1 Å². The van der Waals surface area contributed by atoms with Gasteiger partial charge in [-0.15, -0.1) is 0 Å². The van der Waals surface area contributed by atoms with Crippen LogP contribution in [0, 0.1) is 0 Å². The number of hydrogen-bond donors (Lipinski definition) is 1. The summed E-state index contributed by atoms with van der Waals surface area (Å²) in [6.45, 7) is 9.03. The van der Waals surface area contributed by atoms with E-state index in [4.69, 9.17) is 10.5 Å². The molecule has 1 aromatic heterocycles. The van der Waals surface area contributed by atoms with Gasteiger partial charge in [0, 0.05) is 62.7 Å². The highest BCUT2D eigenvalue weighted by atomic mass is 16.5. The molecule has 4 rings (SSSR count). The van der Waals surface area contributed by atoms with Crippen LogP contribution in [0.3, 0.4) is 0 Å². The standard InChI is InChI=1S/C21H33N4O/c1-25(13-2-3-14-25)15-8-18-17-23(12-16-26-18)10-11-24-9-7-19-20(22)5-4-6-21(19)24/h4-7,9,18H,2-3,8,10-17,22H2,1H3/q+1. The van der Waals surface area contributed by atoms with Gasteiger partial charge in [0.15, 0.2) is 0 Å². The molecule has 1 unspecified atom stereocenters. The van der Waals surface area contributed by atoms with Crippen LogP contribution < -0.4 is 5.73 Å². The zero-order valence-corrected chi connectivity index (χ0v) is 16.1. The first-order valence-corrected chi connectivity index (χ1v) is 10.1. The summed E-state index contributed by atoms with van der Waals surface area (Å²) in [5, 5.41) is 1.16. The van der Waals surface area contributed by atoms with Gasteiger partial charge in [-0.2, -0.15) is 0 Å². The summed E-state index contributed by atoms with van der Waals surface area (Å²) in [6, 6.07) is 8.31. The van der Waals surface area contributed by atoms with Crippen LogP contribution in [-0.2, 0) is 11.3 Å². The number of benzene rings is 1. The fraction of sp³-hybridized carbons (Fsp3) is 0.619. The van der Waals surface area contributed by atoms with Crippen LogP contribution in [0.4, 0.5) is 5.69 Å². The van der Waals surface area contributed by atoms with E-state index in [0.29, 0.717) is 6.10 Å². The van der Waals surface area contributed by atoms with E-state index in [0.717, 1.165) is 43.9 Å². The monoisotopic (exact) mass is 357 g/mol. The minimum Gasteiger partial charge on any atom is -0.398 e. The van der Waals surface area contributed by atoms with Gasteiger partial charge in [-0.3, -0.25) is 4.90 Å². The number of nitrogens with zero attached hydrogens (tertiary/aromatic N) is 3.